The van der Waals surface area contributed by atoms with Crippen LogP contribution in [0.2, 0.25) is 0 Å². The molecule has 0 aromatic rings. The first-order chi connectivity index (χ1) is 7.09. The zero-order valence-electron chi connectivity index (χ0n) is 9.71. The van der Waals surface area contributed by atoms with E-state index in [4.69, 9.17) is 0 Å². The summed E-state index contributed by atoms with van der Waals surface area (Å²) in [6.07, 6.45) is 1.30. The van der Waals surface area contributed by atoms with E-state index in [-0.39, 0.29) is 5.78 Å². The number of hydrogen-bond acceptors (Lipinski definition) is 4. The molecule has 1 aliphatic rings. The van der Waals surface area contributed by atoms with Gasteiger partial charge >= 0.3 is 0 Å². The summed E-state index contributed by atoms with van der Waals surface area (Å²) in [5.41, 5.74) is 1.50. The third-order valence-corrected chi connectivity index (χ3v) is 2.84. The quantitative estimate of drug-likeness (QED) is 0.615. The van der Waals surface area contributed by atoms with E-state index in [1.807, 2.05) is 19.0 Å². The maximum Gasteiger partial charge on any atom is 0.194 e. The zero-order valence-corrected chi connectivity index (χ0v) is 9.71. The monoisotopic (exact) mass is 212 g/mol. The highest BCUT2D eigenvalue weighted by molar-refractivity contribution is 6.07. The minimum Gasteiger partial charge on any atom is -0.379 e. The summed E-state index contributed by atoms with van der Waals surface area (Å²) in [7, 11) is 3.86. The lowest BCUT2D eigenvalue weighted by molar-refractivity contribution is -0.125. The van der Waals surface area contributed by atoms with Gasteiger partial charge in [-0.2, -0.15) is 0 Å². The average molecular weight is 212 g/mol. The molecule has 0 aliphatic heterocycles. The van der Waals surface area contributed by atoms with E-state index in [0.29, 0.717) is 5.57 Å². The highest BCUT2D eigenvalue weighted by atomic mass is 16.3. The van der Waals surface area contributed by atoms with Gasteiger partial charge in [0.2, 0.25) is 0 Å². The van der Waals surface area contributed by atoms with Gasteiger partial charge in [0.15, 0.2) is 11.9 Å². The van der Waals surface area contributed by atoms with Gasteiger partial charge in [-0.3, -0.25) is 4.79 Å². The lowest BCUT2D eigenvalue weighted by Gasteiger charge is -2.34. The van der Waals surface area contributed by atoms with Crippen molar-refractivity contribution in [3.63, 3.8) is 0 Å². The normalized spacial score (nSPS) is 20.5. The number of ketones is 1. The van der Waals surface area contributed by atoms with E-state index in [0.717, 1.165) is 31.6 Å². The van der Waals surface area contributed by atoms with Crippen LogP contribution in [0.15, 0.2) is 11.3 Å². The molecule has 0 heterocycles. The lowest BCUT2D eigenvalue weighted by atomic mass is 9.89. The van der Waals surface area contributed by atoms with Crippen molar-refractivity contribution in [1.82, 2.24) is 10.2 Å². The standard InChI is InChI=1S/C11H20N2O2/c1-8-9(11(15)10(8)14)13(3)7-5-4-6-12-2/h11-12,15H,4-7H2,1-3H3. The Hall–Kier alpha value is -0.870. The summed E-state index contributed by atoms with van der Waals surface area (Å²) >= 11 is 0. The summed E-state index contributed by atoms with van der Waals surface area (Å²) in [5.74, 6) is -0.132. The van der Waals surface area contributed by atoms with Crippen LogP contribution < -0.4 is 5.32 Å². The number of carbonyl (C=O) groups excluding carboxylic acids is 1. The van der Waals surface area contributed by atoms with Crippen molar-refractivity contribution < 1.29 is 9.90 Å². The van der Waals surface area contributed by atoms with E-state index in [1.165, 1.54) is 0 Å². The van der Waals surface area contributed by atoms with Gasteiger partial charge in [-0.05, 0) is 33.4 Å². The Balaban J connectivity index is 2.35. The number of unbranched alkanes of at least 4 members (excludes halogenated alkanes) is 1. The molecule has 4 heteroatoms. The second-order valence-electron chi connectivity index (χ2n) is 4.01. The summed E-state index contributed by atoms with van der Waals surface area (Å²) in [6.45, 7) is 3.67. The van der Waals surface area contributed by atoms with Gasteiger partial charge in [-0.1, -0.05) is 0 Å². The van der Waals surface area contributed by atoms with Crippen LogP contribution in [0.1, 0.15) is 19.8 Å². The average Bonchev–Trinajstić information content (AvgIpc) is 2.24. The molecule has 1 unspecified atom stereocenters. The predicted molar refractivity (Wildman–Crippen MR) is 59.5 cm³/mol. The Morgan fingerprint density at radius 3 is 2.67 bits per heavy atom. The second-order valence-corrected chi connectivity index (χ2v) is 4.01. The molecule has 2 N–H and O–H groups in total. The molecule has 0 saturated carbocycles. The number of nitrogens with zero attached hydrogens (tertiary/aromatic N) is 1. The van der Waals surface area contributed by atoms with Crippen molar-refractivity contribution in [3.05, 3.63) is 11.3 Å². The molecule has 0 amide bonds. The summed E-state index contributed by atoms with van der Waals surface area (Å²) in [4.78, 5) is 13.1. The minimum absolute atomic E-state index is 0.132. The number of nitrogens with one attached hydrogen (secondary N) is 1. The van der Waals surface area contributed by atoms with Gasteiger partial charge in [0.1, 0.15) is 0 Å². The molecule has 15 heavy (non-hydrogen) atoms. The highest BCUT2D eigenvalue weighted by Gasteiger charge is 2.36. The van der Waals surface area contributed by atoms with Crippen molar-refractivity contribution in [2.45, 2.75) is 25.9 Å². The molecular weight excluding hydrogens is 192 g/mol. The fourth-order valence-electron chi connectivity index (χ4n) is 1.85. The Labute approximate surface area is 91.0 Å². The van der Waals surface area contributed by atoms with Crippen molar-refractivity contribution in [3.8, 4) is 0 Å². The van der Waals surface area contributed by atoms with E-state index >= 15 is 0 Å². The molecular formula is C11H20N2O2. The van der Waals surface area contributed by atoms with Gasteiger partial charge < -0.3 is 15.3 Å². The second kappa shape index (κ2) is 5.28. The molecule has 86 valence electrons. The first-order valence-corrected chi connectivity index (χ1v) is 5.38. The topological polar surface area (TPSA) is 52.6 Å². The summed E-state index contributed by atoms with van der Waals surface area (Å²) < 4.78 is 0. The molecule has 0 fully saturated rings. The summed E-state index contributed by atoms with van der Waals surface area (Å²) in [5, 5.41) is 12.5. The van der Waals surface area contributed by atoms with Crippen LogP contribution in [-0.4, -0.2) is 49.1 Å². The van der Waals surface area contributed by atoms with E-state index in [1.54, 1.807) is 6.92 Å². The van der Waals surface area contributed by atoms with Crippen LogP contribution in [-0.2, 0) is 4.79 Å². The maximum absolute atomic E-state index is 11.1. The fourth-order valence-corrected chi connectivity index (χ4v) is 1.85. The molecule has 0 aromatic carbocycles. The van der Waals surface area contributed by atoms with Crippen molar-refractivity contribution >= 4 is 5.78 Å². The number of hydrogen-bond donors (Lipinski definition) is 2. The van der Waals surface area contributed by atoms with Crippen molar-refractivity contribution in [1.29, 1.82) is 0 Å². The molecule has 0 aromatic heterocycles. The first kappa shape index (κ1) is 12.2. The van der Waals surface area contributed by atoms with Gasteiger partial charge in [-0.25, -0.2) is 0 Å². The third kappa shape index (κ3) is 2.58. The number of rotatable bonds is 6. The van der Waals surface area contributed by atoms with Crippen LogP contribution in [0.4, 0.5) is 0 Å². The Morgan fingerprint density at radius 2 is 2.13 bits per heavy atom. The number of carbonyl (C=O) groups is 1. The molecule has 0 spiro atoms. The van der Waals surface area contributed by atoms with E-state index in [2.05, 4.69) is 5.32 Å². The third-order valence-electron chi connectivity index (χ3n) is 2.84. The van der Waals surface area contributed by atoms with Crippen molar-refractivity contribution in [2.75, 3.05) is 27.2 Å². The maximum atomic E-state index is 11.1. The molecule has 1 rings (SSSR count). The molecule has 0 bridgehead atoms. The van der Waals surface area contributed by atoms with Crippen LogP contribution in [0.5, 0.6) is 0 Å². The Kier molecular flexibility index (Phi) is 4.29. The molecule has 1 atom stereocenters. The van der Waals surface area contributed by atoms with E-state index in [9.17, 15) is 9.90 Å². The van der Waals surface area contributed by atoms with Crippen LogP contribution in [0.25, 0.3) is 0 Å². The minimum atomic E-state index is -0.876. The number of likely N-dealkylation sites (N-methyl/N-ethyl adjacent to an activating group) is 1. The van der Waals surface area contributed by atoms with Gasteiger partial charge in [0, 0.05) is 19.2 Å². The van der Waals surface area contributed by atoms with Crippen LogP contribution >= 0.6 is 0 Å². The number of Topliss-reactive ketones (excluding diaryl/α,β-unsaturated/α-hetero) is 1. The fraction of sp³-hybridized carbons (Fsp3) is 0.727. The SMILES string of the molecule is CNCCCCN(C)C1=C(C)C(=O)C1O. The Bertz CT molecular complexity index is 274. The zero-order chi connectivity index (χ0) is 11.4. The first-order valence-electron chi connectivity index (χ1n) is 5.38. The van der Waals surface area contributed by atoms with Crippen LogP contribution in [0.3, 0.4) is 0 Å². The summed E-state index contributed by atoms with van der Waals surface area (Å²) in [6, 6.07) is 0. The van der Waals surface area contributed by atoms with E-state index < -0.39 is 6.10 Å². The molecule has 0 saturated heterocycles. The molecule has 1 aliphatic carbocycles. The smallest absolute Gasteiger partial charge is 0.194 e. The molecule has 4 nitrogen and oxygen atoms in total. The van der Waals surface area contributed by atoms with Crippen LogP contribution in [0, 0.1) is 0 Å². The van der Waals surface area contributed by atoms with Crippen molar-refractivity contribution in [2.24, 2.45) is 0 Å². The highest BCUT2D eigenvalue weighted by Crippen LogP contribution is 2.26. The van der Waals surface area contributed by atoms with Gasteiger partial charge in [0.25, 0.3) is 0 Å². The number of aliphatic hydroxyl groups is 1. The predicted octanol–water partition coefficient (Wildman–Crippen LogP) is 0.135. The molecule has 0 radical (unpaired) electrons. The van der Waals surface area contributed by atoms with Gasteiger partial charge in [-0.15, -0.1) is 0 Å². The van der Waals surface area contributed by atoms with Gasteiger partial charge in [0.05, 0.1) is 5.70 Å². The number of aliphatic hydroxyl groups excluding tert-OH is 1. The largest absolute Gasteiger partial charge is 0.379 e. The lowest BCUT2D eigenvalue weighted by Crippen LogP contribution is -2.43. The Morgan fingerprint density at radius 1 is 1.47 bits per heavy atom.